The van der Waals surface area contributed by atoms with Gasteiger partial charge in [0.2, 0.25) is 10.0 Å². The number of amides is 1. The third-order valence-corrected chi connectivity index (χ3v) is 5.92. The predicted octanol–water partition coefficient (Wildman–Crippen LogP) is 1.34. The number of rotatable bonds is 8. The van der Waals surface area contributed by atoms with E-state index >= 15 is 0 Å². The fourth-order valence-electron chi connectivity index (χ4n) is 3.12. The molecular formula is C19H31N3O4S. The highest BCUT2D eigenvalue weighted by molar-refractivity contribution is 7.89. The molecule has 1 aromatic carbocycles. The number of carbonyl (C=O) groups is 1. The van der Waals surface area contributed by atoms with Crippen molar-refractivity contribution in [2.75, 3.05) is 26.2 Å². The molecule has 1 fully saturated rings. The summed E-state index contributed by atoms with van der Waals surface area (Å²) < 4.78 is 27.5. The maximum atomic E-state index is 12.5. The molecule has 0 bridgehead atoms. The van der Waals surface area contributed by atoms with Crippen LogP contribution in [0.25, 0.3) is 0 Å². The topological polar surface area (TPSA) is 98.7 Å². The van der Waals surface area contributed by atoms with E-state index in [0.29, 0.717) is 6.54 Å². The molecule has 1 amide bonds. The summed E-state index contributed by atoms with van der Waals surface area (Å²) in [6.45, 7) is 5.96. The Balaban J connectivity index is 1.94. The minimum atomic E-state index is -3.80. The molecule has 152 valence electrons. The van der Waals surface area contributed by atoms with E-state index in [0.717, 1.165) is 25.9 Å². The molecule has 0 radical (unpaired) electrons. The summed E-state index contributed by atoms with van der Waals surface area (Å²) in [6, 6.07) is 5.87. The summed E-state index contributed by atoms with van der Waals surface area (Å²) in [5.74, 6) is -0.316. The van der Waals surface area contributed by atoms with Gasteiger partial charge in [-0.15, -0.1) is 0 Å². The van der Waals surface area contributed by atoms with Gasteiger partial charge in [0.05, 0.1) is 11.0 Å². The molecule has 8 heteroatoms. The van der Waals surface area contributed by atoms with Gasteiger partial charge in [0.25, 0.3) is 5.91 Å². The summed E-state index contributed by atoms with van der Waals surface area (Å²) in [7, 11) is -3.80. The Morgan fingerprint density at radius 2 is 1.85 bits per heavy atom. The fraction of sp³-hybridized carbons (Fsp3) is 0.632. The first kappa shape index (κ1) is 21.8. The van der Waals surface area contributed by atoms with Crippen molar-refractivity contribution in [1.29, 1.82) is 0 Å². The van der Waals surface area contributed by atoms with Crippen molar-refractivity contribution < 1.29 is 18.3 Å². The normalized spacial score (nSPS) is 17.5. The number of likely N-dealkylation sites (tertiary alicyclic amines) is 1. The maximum Gasteiger partial charge on any atom is 0.251 e. The molecule has 1 atom stereocenters. The first-order valence-electron chi connectivity index (χ1n) is 9.59. The van der Waals surface area contributed by atoms with Crippen molar-refractivity contribution in [3.63, 3.8) is 0 Å². The number of sulfonamides is 1. The quantitative estimate of drug-likeness (QED) is 0.615. The van der Waals surface area contributed by atoms with E-state index in [-0.39, 0.29) is 29.0 Å². The van der Waals surface area contributed by atoms with Gasteiger partial charge in [-0.2, -0.15) is 0 Å². The molecule has 1 aromatic rings. The average Bonchev–Trinajstić information content (AvgIpc) is 2.88. The maximum absolute atomic E-state index is 12.5. The lowest BCUT2D eigenvalue weighted by Gasteiger charge is -2.23. The van der Waals surface area contributed by atoms with Crippen LogP contribution in [0.4, 0.5) is 0 Å². The van der Waals surface area contributed by atoms with Gasteiger partial charge in [0.1, 0.15) is 0 Å². The van der Waals surface area contributed by atoms with E-state index in [1.165, 1.54) is 31.0 Å². The highest BCUT2D eigenvalue weighted by atomic mass is 32.2. The van der Waals surface area contributed by atoms with Crippen molar-refractivity contribution in [2.45, 2.75) is 56.6 Å². The second kappa shape index (κ2) is 10.2. The van der Waals surface area contributed by atoms with Crippen LogP contribution in [0, 0.1) is 0 Å². The Labute approximate surface area is 162 Å². The second-order valence-corrected chi connectivity index (χ2v) is 9.14. The van der Waals surface area contributed by atoms with Gasteiger partial charge in [0, 0.05) is 24.7 Å². The van der Waals surface area contributed by atoms with Crippen LogP contribution < -0.4 is 10.0 Å². The molecule has 1 aliphatic heterocycles. The van der Waals surface area contributed by atoms with Gasteiger partial charge in [-0.05, 0) is 58.0 Å². The van der Waals surface area contributed by atoms with Crippen molar-refractivity contribution in [3.05, 3.63) is 29.8 Å². The zero-order valence-corrected chi connectivity index (χ0v) is 17.0. The van der Waals surface area contributed by atoms with E-state index in [1.807, 2.05) is 13.8 Å². The second-order valence-electron chi connectivity index (χ2n) is 7.38. The highest BCUT2D eigenvalue weighted by Crippen LogP contribution is 2.13. The van der Waals surface area contributed by atoms with E-state index in [1.54, 1.807) is 6.07 Å². The van der Waals surface area contributed by atoms with E-state index in [2.05, 4.69) is 14.9 Å². The third kappa shape index (κ3) is 7.21. The fourth-order valence-corrected chi connectivity index (χ4v) is 4.24. The number of hydrogen-bond acceptors (Lipinski definition) is 5. The number of β-amino-alcohol motifs (C(OH)–C–C–N with tert-alkyl or cyclic N) is 1. The predicted molar refractivity (Wildman–Crippen MR) is 105 cm³/mol. The average molecular weight is 398 g/mol. The molecule has 2 rings (SSSR count). The standard InChI is InChI=1S/C19H31N3O4S/c1-15(2)21-19(24)16-8-7-9-18(12-16)27(25,26)20-13-17(23)14-22-10-5-3-4-6-11-22/h7-9,12,15,17,20,23H,3-6,10-11,13-14H2,1-2H3,(H,21,24)/t17-/m1/s1. The Hall–Kier alpha value is -1.48. The summed E-state index contributed by atoms with van der Waals surface area (Å²) in [5, 5.41) is 13.0. The van der Waals surface area contributed by atoms with Crippen LogP contribution >= 0.6 is 0 Å². The Kier molecular flexibility index (Phi) is 8.22. The van der Waals surface area contributed by atoms with Crippen molar-refractivity contribution in [1.82, 2.24) is 14.9 Å². The number of hydrogen-bond donors (Lipinski definition) is 3. The molecule has 0 spiro atoms. The monoisotopic (exact) mass is 397 g/mol. The highest BCUT2D eigenvalue weighted by Gasteiger charge is 2.19. The Morgan fingerprint density at radius 3 is 2.48 bits per heavy atom. The Bertz CT molecular complexity index is 713. The molecule has 27 heavy (non-hydrogen) atoms. The van der Waals surface area contributed by atoms with Crippen LogP contribution in [0.3, 0.4) is 0 Å². The van der Waals surface area contributed by atoms with Gasteiger partial charge >= 0.3 is 0 Å². The van der Waals surface area contributed by atoms with Crippen LogP contribution in [-0.2, 0) is 10.0 Å². The van der Waals surface area contributed by atoms with E-state index in [9.17, 15) is 18.3 Å². The van der Waals surface area contributed by atoms with Gasteiger partial charge in [-0.3, -0.25) is 4.79 Å². The summed E-state index contributed by atoms with van der Waals surface area (Å²) >= 11 is 0. The number of carbonyl (C=O) groups excluding carboxylic acids is 1. The van der Waals surface area contributed by atoms with Gasteiger partial charge in [-0.1, -0.05) is 18.9 Å². The molecule has 1 heterocycles. The molecule has 0 aromatic heterocycles. The molecular weight excluding hydrogens is 366 g/mol. The lowest BCUT2D eigenvalue weighted by atomic mass is 10.2. The smallest absolute Gasteiger partial charge is 0.251 e. The van der Waals surface area contributed by atoms with Crippen LogP contribution in [0.1, 0.15) is 49.9 Å². The number of aliphatic hydroxyl groups is 1. The summed E-state index contributed by atoms with van der Waals surface area (Å²) in [4.78, 5) is 14.3. The first-order chi connectivity index (χ1) is 12.8. The molecule has 7 nitrogen and oxygen atoms in total. The van der Waals surface area contributed by atoms with Gasteiger partial charge in [0.15, 0.2) is 0 Å². The Morgan fingerprint density at radius 1 is 1.19 bits per heavy atom. The lowest BCUT2D eigenvalue weighted by Crippen LogP contribution is -2.40. The molecule has 1 aliphatic rings. The SMILES string of the molecule is CC(C)NC(=O)c1cccc(S(=O)(=O)NC[C@@H](O)CN2CCCCCC2)c1. The first-order valence-corrected chi connectivity index (χ1v) is 11.1. The van der Waals surface area contributed by atoms with Gasteiger partial charge in [-0.25, -0.2) is 13.1 Å². The molecule has 0 aliphatic carbocycles. The number of nitrogens with one attached hydrogen (secondary N) is 2. The zero-order valence-electron chi connectivity index (χ0n) is 16.1. The minimum absolute atomic E-state index is 0.0147. The van der Waals surface area contributed by atoms with Crippen molar-refractivity contribution in [2.24, 2.45) is 0 Å². The molecule has 0 saturated carbocycles. The summed E-state index contributed by atoms with van der Waals surface area (Å²) in [5.41, 5.74) is 0.289. The van der Waals surface area contributed by atoms with Crippen LogP contribution in [0.2, 0.25) is 0 Å². The number of nitrogens with zero attached hydrogens (tertiary/aromatic N) is 1. The number of benzene rings is 1. The lowest BCUT2D eigenvalue weighted by molar-refractivity contribution is 0.0943. The minimum Gasteiger partial charge on any atom is -0.390 e. The third-order valence-electron chi connectivity index (χ3n) is 4.50. The molecule has 0 unspecified atom stereocenters. The van der Waals surface area contributed by atoms with Crippen molar-refractivity contribution in [3.8, 4) is 0 Å². The van der Waals surface area contributed by atoms with E-state index in [4.69, 9.17) is 0 Å². The van der Waals surface area contributed by atoms with Crippen LogP contribution in [0.5, 0.6) is 0 Å². The largest absolute Gasteiger partial charge is 0.390 e. The van der Waals surface area contributed by atoms with Gasteiger partial charge < -0.3 is 15.3 Å². The molecule has 3 N–H and O–H groups in total. The van der Waals surface area contributed by atoms with E-state index < -0.39 is 16.1 Å². The van der Waals surface area contributed by atoms with Crippen LogP contribution in [-0.4, -0.2) is 62.7 Å². The van der Waals surface area contributed by atoms with Crippen LogP contribution in [0.15, 0.2) is 29.2 Å². The zero-order chi connectivity index (χ0) is 19.9. The molecule has 1 saturated heterocycles. The summed E-state index contributed by atoms with van der Waals surface area (Å²) in [6.07, 6.45) is 3.87. The number of aliphatic hydroxyl groups excluding tert-OH is 1. The van der Waals surface area contributed by atoms with Crippen molar-refractivity contribution >= 4 is 15.9 Å².